The predicted octanol–water partition coefficient (Wildman–Crippen LogP) is 3.78. The van der Waals surface area contributed by atoms with Gasteiger partial charge in [-0.25, -0.2) is 9.07 Å². The number of hydrogen-bond acceptors (Lipinski definition) is 6. The van der Waals surface area contributed by atoms with Crippen molar-refractivity contribution in [1.82, 2.24) is 20.1 Å². The van der Waals surface area contributed by atoms with Crippen LogP contribution in [0.1, 0.15) is 15.9 Å². The Bertz CT molecular complexity index is 1310. The lowest BCUT2D eigenvalue weighted by atomic mass is 10.2. The number of amides is 1. The molecule has 0 atom stereocenters. The van der Waals surface area contributed by atoms with Crippen LogP contribution in [0.25, 0.3) is 0 Å². The minimum absolute atomic E-state index is 0.159. The Morgan fingerprint density at radius 3 is 2.42 bits per heavy atom. The summed E-state index contributed by atoms with van der Waals surface area (Å²) >= 11 is 0. The quantitative estimate of drug-likeness (QED) is 0.449. The molecule has 0 bridgehead atoms. The van der Waals surface area contributed by atoms with Crippen LogP contribution < -0.4 is 20.9 Å². The summed E-state index contributed by atoms with van der Waals surface area (Å²) in [4.78, 5) is 29.0. The second-order valence-electron chi connectivity index (χ2n) is 7.11. The third-order valence-corrected chi connectivity index (χ3v) is 4.76. The fourth-order valence-corrected chi connectivity index (χ4v) is 2.98. The Labute approximate surface area is 188 Å². The highest BCUT2D eigenvalue weighted by Gasteiger charge is 2.14. The van der Waals surface area contributed by atoms with E-state index in [0.29, 0.717) is 23.5 Å². The summed E-state index contributed by atoms with van der Waals surface area (Å²) in [6.07, 6.45) is 4.73. The molecule has 0 aliphatic rings. The molecule has 8 nitrogen and oxygen atoms in total. The molecule has 2 aromatic heterocycles. The number of ether oxygens (including phenoxy) is 1. The fraction of sp³-hybridized carbons (Fsp3) is 0.0833. The monoisotopic (exact) mass is 445 g/mol. The van der Waals surface area contributed by atoms with Crippen LogP contribution in [0, 0.1) is 5.82 Å². The summed E-state index contributed by atoms with van der Waals surface area (Å²) in [5.41, 5.74) is 1.74. The standard InChI is InChI=1S/C24H20FN5O3/c1-30-24(32)22(21(15-28-30)33-20-8-4-18(25)5-9-20)29-19-6-2-17(3-7-19)23(31)27-14-16-10-12-26-13-11-16/h2-13,15,29H,14H2,1H3,(H,27,31). The lowest BCUT2D eigenvalue weighted by molar-refractivity contribution is 0.0951. The molecule has 0 spiro atoms. The van der Waals surface area contributed by atoms with E-state index in [1.165, 1.54) is 42.2 Å². The fourth-order valence-electron chi connectivity index (χ4n) is 2.98. The summed E-state index contributed by atoms with van der Waals surface area (Å²) in [6.45, 7) is 0.387. The number of nitrogens with zero attached hydrogens (tertiary/aromatic N) is 3. The van der Waals surface area contributed by atoms with Crippen molar-refractivity contribution in [3.63, 3.8) is 0 Å². The van der Waals surface area contributed by atoms with Crippen molar-refractivity contribution < 1.29 is 13.9 Å². The molecule has 0 saturated carbocycles. The topological polar surface area (TPSA) is 98.1 Å². The molecular formula is C24H20FN5O3. The molecule has 0 unspecified atom stereocenters. The molecule has 9 heteroatoms. The van der Waals surface area contributed by atoms with Crippen molar-refractivity contribution in [2.45, 2.75) is 6.54 Å². The van der Waals surface area contributed by atoms with Gasteiger partial charge in [-0.1, -0.05) is 0 Å². The van der Waals surface area contributed by atoms with E-state index >= 15 is 0 Å². The zero-order valence-electron chi connectivity index (χ0n) is 17.7. The number of rotatable bonds is 7. The molecule has 33 heavy (non-hydrogen) atoms. The Hall–Kier alpha value is -4.53. The Morgan fingerprint density at radius 1 is 1.03 bits per heavy atom. The van der Waals surface area contributed by atoms with E-state index in [9.17, 15) is 14.0 Å². The van der Waals surface area contributed by atoms with Crippen molar-refractivity contribution in [3.05, 3.63) is 107 Å². The van der Waals surface area contributed by atoms with Crippen molar-refractivity contribution in [2.75, 3.05) is 5.32 Å². The number of halogens is 1. The number of pyridine rings is 1. The second kappa shape index (κ2) is 9.73. The van der Waals surface area contributed by atoms with Gasteiger partial charge in [0.05, 0.1) is 6.20 Å². The molecule has 1 amide bonds. The predicted molar refractivity (Wildman–Crippen MR) is 121 cm³/mol. The number of hydrogen-bond donors (Lipinski definition) is 2. The molecular weight excluding hydrogens is 425 g/mol. The minimum Gasteiger partial charge on any atom is -0.453 e. The largest absolute Gasteiger partial charge is 0.453 e. The van der Waals surface area contributed by atoms with Crippen LogP contribution in [-0.2, 0) is 13.6 Å². The van der Waals surface area contributed by atoms with Gasteiger partial charge in [-0.3, -0.25) is 14.6 Å². The Balaban J connectivity index is 1.49. The van der Waals surface area contributed by atoms with Crippen molar-refractivity contribution in [1.29, 1.82) is 0 Å². The number of carbonyl (C=O) groups is 1. The van der Waals surface area contributed by atoms with Gasteiger partial charge < -0.3 is 15.4 Å². The van der Waals surface area contributed by atoms with E-state index in [4.69, 9.17) is 4.74 Å². The van der Waals surface area contributed by atoms with Gasteiger partial charge in [0.15, 0.2) is 11.4 Å². The van der Waals surface area contributed by atoms with Crippen LogP contribution in [0.2, 0.25) is 0 Å². The van der Waals surface area contributed by atoms with E-state index in [1.807, 2.05) is 12.1 Å². The zero-order chi connectivity index (χ0) is 23.2. The molecule has 2 aromatic carbocycles. The van der Waals surface area contributed by atoms with Gasteiger partial charge >= 0.3 is 0 Å². The molecule has 2 N–H and O–H groups in total. The van der Waals surface area contributed by atoms with Crippen LogP contribution in [0.5, 0.6) is 11.5 Å². The molecule has 0 radical (unpaired) electrons. The number of aryl methyl sites for hydroxylation is 1. The normalized spacial score (nSPS) is 10.5. The smallest absolute Gasteiger partial charge is 0.294 e. The van der Waals surface area contributed by atoms with Crippen LogP contribution in [0.4, 0.5) is 15.8 Å². The molecule has 4 aromatic rings. The number of anilines is 2. The number of carbonyl (C=O) groups excluding carboxylic acids is 1. The summed E-state index contributed by atoms with van der Waals surface area (Å²) in [6, 6.07) is 15.7. The highest BCUT2D eigenvalue weighted by molar-refractivity contribution is 5.94. The molecule has 2 heterocycles. The van der Waals surface area contributed by atoms with Gasteiger partial charge in [-0.2, -0.15) is 5.10 Å². The van der Waals surface area contributed by atoms with E-state index in [-0.39, 0.29) is 17.3 Å². The highest BCUT2D eigenvalue weighted by atomic mass is 19.1. The van der Waals surface area contributed by atoms with Crippen LogP contribution >= 0.6 is 0 Å². The molecule has 0 saturated heterocycles. The lowest BCUT2D eigenvalue weighted by Crippen LogP contribution is -2.23. The summed E-state index contributed by atoms with van der Waals surface area (Å²) in [7, 11) is 1.52. The summed E-state index contributed by atoms with van der Waals surface area (Å²) in [5, 5.41) is 9.86. The first-order chi connectivity index (χ1) is 16.0. The van der Waals surface area contributed by atoms with Crippen LogP contribution in [-0.4, -0.2) is 20.7 Å². The average Bonchev–Trinajstić information content (AvgIpc) is 2.84. The minimum atomic E-state index is -0.409. The second-order valence-corrected chi connectivity index (χ2v) is 7.11. The molecule has 0 aliphatic carbocycles. The van der Waals surface area contributed by atoms with Gasteiger partial charge in [-0.05, 0) is 66.2 Å². The molecule has 166 valence electrons. The van der Waals surface area contributed by atoms with E-state index in [2.05, 4.69) is 20.7 Å². The van der Waals surface area contributed by atoms with Crippen molar-refractivity contribution in [2.24, 2.45) is 7.05 Å². The maximum atomic E-state index is 13.2. The molecule has 0 fully saturated rings. The van der Waals surface area contributed by atoms with Gasteiger partial charge in [0.2, 0.25) is 0 Å². The van der Waals surface area contributed by atoms with Gasteiger partial charge in [0, 0.05) is 37.2 Å². The first-order valence-corrected chi connectivity index (χ1v) is 10.0. The molecule has 4 rings (SSSR count). The lowest BCUT2D eigenvalue weighted by Gasteiger charge is -2.13. The first kappa shape index (κ1) is 21.7. The Morgan fingerprint density at radius 2 is 1.73 bits per heavy atom. The number of benzene rings is 2. The molecule has 0 aliphatic heterocycles. The summed E-state index contributed by atoms with van der Waals surface area (Å²) < 4.78 is 20.1. The number of aromatic nitrogens is 3. The van der Waals surface area contributed by atoms with Crippen molar-refractivity contribution in [3.8, 4) is 11.5 Å². The summed E-state index contributed by atoms with van der Waals surface area (Å²) in [5.74, 6) is -0.0779. The Kier molecular flexibility index (Phi) is 6.40. The zero-order valence-corrected chi connectivity index (χ0v) is 17.7. The van der Waals surface area contributed by atoms with Crippen molar-refractivity contribution >= 4 is 17.3 Å². The average molecular weight is 445 g/mol. The van der Waals surface area contributed by atoms with Crippen LogP contribution in [0.15, 0.2) is 84.0 Å². The SMILES string of the molecule is Cn1ncc(Oc2ccc(F)cc2)c(Nc2ccc(C(=O)NCc3ccncc3)cc2)c1=O. The third kappa shape index (κ3) is 5.40. The van der Waals surface area contributed by atoms with Gasteiger partial charge in [0.25, 0.3) is 11.5 Å². The van der Waals surface area contributed by atoms with Gasteiger partial charge in [0.1, 0.15) is 11.6 Å². The number of nitrogens with one attached hydrogen (secondary N) is 2. The first-order valence-electron chi connectivity index (χ1n) is 10.0. The third-order valence-electron chi connectivity index (χ3n) is 4.76. The van der Waals surface area contributed by atoms with E-state index in [0.717, 1.165) is 5.56 Å². The maximum absolute atomic E-state index is 13.2. The maximum Gasteiger partial charge on any atom is 0.294 e. The van der Waals surface area contributed by atoms with E-state index < -0.39 is 11.4 Å². The van der Waals surface area contributed by atoms with E-state index in [1.54, 1.807) is 36.7 Å². The van der Waals surface area contributed by atoms with Crippen LogP contribution in [0.3, 0.4) is 0 Å². The highest BCUT2D eigenvalue weighted by Crippen LogP contribution is 2.28. The van der Waals surface area contributed by atoms with Gasteiger partial charge in [-0.15, -0.1) is 0 Å².